The number of aromatic hydroxyl groups is 1. The SMILES string of the molecule is CC(F)C[C@@H]1Cc2cc(O)ccc2[C@H]2CC[C@]3(C)C[C@H](O)C[C@H]3[C@H]12. The van der Waals surface area contributed by atoms with Gasteiger partial charge in [-0.05, 0) is 97.8 Å². The van der Waals surface area contributed by atoms with Gasteiger partial charge in [0, 0.05) is 0 Å². The van der Waals surface area contributed by atoms with Crippen LogP contribution in [0.5, 0.6) is 5.75 Å². The Bertz CT molecular complexity index is 628. The van der Waals surface area contributed by atoms with E-state index in [0.29, 0.717) is 35.8 Å². The summed E-state index contributed by atoms with van der Waals surface area (Å²) in [6.45, 7) is 4.00. The Labute approximate surface area is 144 Å². The predicted molar refractivity (Wildman–Crippen MR) is 92.8 cm³/mol. The van der Waals surface area contributed by atoms with Crippen molar-refractivity contribution in [2.45, 2.75) is 70.6 Å². The molecule has 2 nitrogen and oxygen atoms in total. The molecule has 0 heterocycles. The van der Waals surface area contributed by atoms with Crippen LogP contribution in [0.2, 0.25) is 0 Å². The standard InChI is InChI=1S/C21H29FO2/c1-12(22)7-14-8-13-9-15(23)3-4-17(13)18-5-6-21(2)11-16(24)10-19(21)20(14)18/h3-4,9,12,14,16,18-20,23-24H,5-8,10-11H2,1-2H3/t12?,14-,16-,18-,19+,20-,21-/m1/s1. The molecule has 7 atom stereocenters. The Kier molecular flexibility index (Phi) is 3.91. The van der Waals surface area contributed by atoms with Crippen LogP contribution in [0.25, 0.3) is 0 Å². The number of benzene rings is 1. The number of alkyl halides is 1. The minimum atomic E-state index is -0.797. The van der Waals surface area contributed by atoms with Crippen molar-refractivity contribution in [3.05, 3.63) is 29.3 Å². The molecule has 0 aliphatic heterocycles. The van der Waals surface area contributed by atoms with Crippen molar-refractivity contribution in [3.8, 4) is 5.75 Å². The number of hydrogen-bond acceptors (Lipinski definition) is 2. The fourth-order valence-electron chi connectivity index (χ4n) is 6.44. The smallest absolute Gasteiger partial charge is 0.115 e. The number of hydrogen-bond donors (Lipinski definition) is 2. The largest absolute Gasteiger partial charge is 0.508 e. The first-order valence-electron chi connectivity index (χ1n) is 9.51. The Hall–Kier alpha value is -1.09. The first-order chi connectivity index (χ1) is 11.4. The molecule has 1 unspecified atom stereocenters. The zero-order chi connectivity index (χ0) is 17.1. The molecule has 0 saturated heterocycles. The van der Waals surface area contributed by atoms with Crippen LogP contribution in [0.4, 0.5) is 4.39 Å². The predicted octanol–water partition coefficient (Wildman–Crippen LogP) is 4.58. The molecule has 0 spiro atoms. The van der Waals surface area contributed by atoms with Crippen molar-refractivity contribution in [1.82, 2.24) is 0 Å². The maximum atomic E-state index is 13.9. The molecule has 3 aliphatic rings. The van der Waals surface area contributed by atoms with Gasteiger partial charge < -0.3 is 10.2 Å². The summed E-state index contributed by atoms with van der Waals surface area (Å²) in [7, 11) is 0. The van der Waals surface area contributed by atoms with Gasteiger partial charge in [0.05, 0.1) is 12.3 Å². The minimum absolute atomic E-state index is 0.191. The highest BCUT2D eigenvalue weighted by Crippen LogP contribution is 2.62. The van der Waals surface area contributed by atoms with Gasteiger partial charge in [-0.2, -0.15) is 0 Å². The second-order valence-electron chi connectivity index (χ2n) is 8.94. The van der Waals surface area contributed by atoms with Gasteiger partial charge in [-0.15, -0.1) is 0 Å². The number of aliphatic hydroxyl groups excluding tert-OH is 1. The Morgan fingerprint density at radius 2 is 2.17 bits per heavy atom. The van der Waals surface area contributed by atoms with Crippen LogP contribution in [0.3, 0.4) is 0 Å². The summed E-state index contributed by atoms with van der Waals surface area (Å²) in [6.07, 6.45) is 4.52. The number of aliphatic hydroxyl groups is 1. The fraction of sp³-hybridized carbons (Fsp3) is 0.714. The van der Waals surface area contributed by atoms with E-state index in [2.05, 4.69) is 13.0 Å². The van der Waals surface area contributed by atoms with Gasteiger partial charge in [0.2, 0.25) is 0 Å². The first-order valence-corrected chi connectivity index (χ1v) is 9.51. The van der Waals surface area contributed by atoms with Crippen molar-refractivity contribution < 1.29 is 14.6 Å². The molecule has 2 fully saturated rings. The van der Waals surface area contributed by atoms with Crippen LogP contribution < -0.4 is 0 Å². The lowest BCUT2D eigenvalue weighted by atomic mass is 9.52. The second-order valence-corrected chi connectivity index (χ2v) is 8.94. The Morgan fingerprint density at radius 3 is 2.92 bits per heavy atom. The second kappa shape index (κ2) is 5.72. The van der Waals surface area contributed by atoms with Crippen LogP contribution in [0.15, 0.2) is 18.2 Å². The molecule has 2 saturated carbocycles. The molecule has 4 rings (SSSR count). The van der Waals surface area contributed by atoms with Gasteiger partial charge in [-0.1, -0.05) is 13.0 Å². The summed E-state index contributed by atoms with van der Waals surface area (Å²) in [6, 6.07) is 5.77. The van der Waals surface area contributed by atoms with Gasteiger partial charge in [-0.25, -0.2) is 4.39 Å². The van der Waals surface area contributed by atoms with Crippen LogP contribution in [-0.2, 0) is 6.42 Å². The van der Waals surface area contributed by atoms with E-state index in [1.54, 1.807) is 13.0 Å². The van der Waals surface area contributed by atoms with Crippen LogP contribution in [-0.4, -0.2) is 22.5 Å². The molecule has 2 N–H and O–H groups in total. The zero-order valence-electron chi connectivity index (χ0n) is 14.7. The average molecular weight is 332 g/mol. The number of phenolic OH excluding ortho intramolecular Hbond substituents is 1. The number of halogens is 1. The van der Waals surface area contributed by atoms with Gasteiger partial charge in [-0.3, -0.25) is 0 Å². The highest BCUT2D eigenvalue weighted by Gasteiger charge is 2.55. The van der Waals surface area contributed by atoms with Crippen LogP contribution in [0.1, 0.15) is 63.0 Å². The van der Waals surface area contributed by atoms with E-state index in [4.69, 9.17) is 0 Å². The van der Waals surface area contributed by atoms with Gasteiger partial charge in [0.15, 0.2) is 0 Å². The van der Waals surface area contributed by atoms with Crippen molar-refractivity contribution in [3.63, 3.8) is 0 Å². The molecule has 1 aromatic carbocycles. The minimum Gasteiger partial charge on any atom is -0.508 e. The number of phenols is 1. The Morgan fingerprint density at radius 1 is 1.38 bits per heavy atom. The van der Waals surface area contributed by atoms with Gasteiger partial charge in [0.1, 0.15) is 5.75 Å². The highest BCUT2D eigenvalue weighted by atomic mass is 19.1. The zero-order valence-corrected chi connectivity index (χ0v) is 14.7. The normalized spacial score (nSPS) is 42.1. The van der Waals surface area contributed by atoms with E-state index in [9.17, 15) is 14.6 Å². The lowest BCUT2D eigenvalue weighted by Gasteiger charge is -2.52. The lowest BCUT2D eigenvalue weighted by Crippen LogP contribution is -2.44. The molecule has 132 valence electrons. The molecule has 0 bridgehead atoms. The summed E-state index contributed by atoms with van der Waals surface area (Å²) in [5.41, 5.74) is 2.79. The summed E-state index contributed by atoms with van der Waals surface area (Å²) in [4.78, 5) is 0. The third-order valence-corrected chi connectivity index (χ3v) is 7.26. The fourth-order valence-corrected chi connectivity index (χ4v) is 6.44. The third-order valence-electron chi connectivity index (χ3n) is 7.26. The van der Waals surface area contributed by atoms with Crippen molar-refractivity contribution in [2.24, 2.45) is 23.2 Å². The lowest BCUT2D eigenvalue weighted by molar-refractivity contribution is 0.0168. The molecule has 3 aliphatic carbocycles. The summed E-state index contributed by atoms with van der Waals surface area (Å²) in [5, 5.41) is 20.2. The van der Waals surface area contributed by atoms with E-state index >= 15 is 0 Å². The van der Waals surface area contributed by atoms with E-state index in [1.807, 2.05) is 6.07 Å². The summed E-state index contributed by atoms with van der Waals surface area (Å²) in [5.74, 6) is 2.06. The molecular formula is C21H29FO2. The van der Waals surface area contributed by atoms with E-state index in [-0.39, 0.29) is 11.5 Å². The third kappa shape index (κ3) is 2.56. The van der Waals surface area contributed by atoms with Gasteiger partial charge in [0.25, 0.3) is 0 Å². The van der Waals surface area contributed by atoms with E-state index in [1.165, 1.54) is 11.1 Å². The van der Waals surface area contributed by atoms with E-state index < -0.39 is 6.17 Å². The molecule has 0 aromatic heterocycles. The van der Waals surface area contributed by atoms with Crippen LogP contribution >= 0.6 is 0 Å². The number of rotatable bonds is 2. The monoisotopic (exact) mass is 332 g/mol. The van der Waals surface area contributed by atoms with Crippen molar-refractivity contribution >= 4 is 0 Å². The van der Waals surface area contributed by atoms with Crippen molar-refractivity contribution in [2.75, 3.05) is 0 Å². The maximum absolute atomic E-state index is 13.9. The Balaban J connectivity index is 1.75. The molecule has 0 amide bonds. The molecule has 3 heteroatoms. The molecule has 24 heavy (non-hydrogen) atoms. The van der Waals surface area contributed by atoms with Gasteiger partial charge >= 0.3 is 0 Å². The van der Waals surface area contributed by atoms with E-state index in [0.717, 1.165) is 32.1 Å². The molecule has 0 radical (unpaired) electrons. The summed E-state index contributed by atoms with van der Waals surface area (Å²) < 4.78 is 13.9. The first kappa shape index (κ1) is 16.4. The van der Waals surface area contributed by atoms with Crippen molar-refractivity contribution in [1.29, 1.82) is 0 Å². The number of fused-ring (bicyclic) bond motifs is 5. The molecule has 1 aromatic rings. The quantitative estimate of drug-likeness (QED) is 0.832. The summed E-state index contributed by atoms with van der Waals surface area (Å²) >= 11 is 0. The average Bonchev–Trinajstić information content (AvgIpc) is 2.80. The highest BCUT2D eigenvalue weighted by molar-refractivity contribution is 5.40. The van der Waals surface area contributed by atoms with Crippen LogP contribution in [0, 0.1) is 23.2 Å². The topological polar surface area (TPSA) is 40.5 Å². The molecular weight excluding hydrogens is 303 g/mol. The maximum Gasteiger partial charge on any atom is 0.115 e.